The molecule has 0 N–H and O–H groups in total. The summed E-state index contributed by atoms with van der Waals surface area (Å²) in [6.07, 6.45) is 4.81. The predicted molar refractivity (Wildman–Crippen MR) is 77.5 cm³/mol. The zero-order chi connectivity index (χ0) is 13.2. The normalized spacial score (nSPS) is 17.5. The van der Waals surface area contributed by atoms with Gasteiger partial charge in [-0.15, -0.1) is 0 Å². The molecule has 0 amide bonds. The molecule has 0 nitrogen and oxygen atoms in total. The molecule has 19 heavy (non-hydrogen) atoms. The SMILES string of the molecule is C=CC1=Cc2ccccc2C(c2ccccc2F)C1. The van der Waals surface area contributed by atoms with Gasteiger partial charge in [0.25, 0.3) is 0 Å². The van der Waals surface area contributed by atoms with Gasteiger partial charge in [0.05, 0.1) is 0 Å². The third kappa shape index (κ3) is 2.12. The van der Waals surface area contributed by atoms with Gasteiger partial charge >= 0.3 is 0 Å². The fourth-order valence-corrected chi connectivity index (χ4v) is 2.74. The summed E-state index contributed by atoms with van der Waals surface area (Å²) in [6, 6.07) is 15.2. The van der Waals surface area contributed by atoms with Crippen LogP contribution in [0.25, 0.3) is 6.08 Å². The summed E-state index contributed by atoms with van der Waals surface area (Å²) >= 11 is 0. The van der Waals surface area contributed by atoms with Crippen LogP contribution in [0, 0.1) is 5.82 Å². The van der Waals surface area contributed by atoms with Crippen molar-refractivity contribution >= 4 is 6.08 Å². The fraction of sp³-hybridized carbons (Fsp3) is 0.111. The Hall–Kier alpha value is -2.15. The summed E-state index contributed by atoms with van der Waals surface area (Å²) in [5, 5.41) is 0. The molecule has 1 atom stereocenters. The molecular weight excluding hydrogens is 235 g/mol. The lowest BCUT2D eigenvalue weighted by Gasteiger charge is -2.25. The van der Waals surface area contributed by atoms with Crippen LogP contribution in [0.5, 0.6) is 0 Å². The van der Waals surface area contributed by atoms with Gasteiger partial charge in [-0.2, -0.15) is 0 Å². The molecule has 1 aliphatic carbocycles. The lowest BCUT2D eigenvalue weighted by atomic mass is 9.79. The van der Waals surface area contributed by atoms with Gasteiger partial charge in [-0.1, -0.05) is 61.2 Å². The molecule has 0 fully saturated rings. The molecule has 1 unspecified atom stereocenters. The highest BCUT2D eigenvalue weighted by Crippen LogP contribution is 2.39. The minimum absolute atomic E-state index is 0.0791. The van der Waals surface area contributed by atoms with Crippen LogP contribution in [0.4, 0.5) is 4.39 Å². The Morgan fingerprint density at radius 3 is 2.42 bits per heavy atom. The van der Waals surface area contributed by atoms with Crippen LogP contribution in [-0.2, 0) is 0 Å². The number of hydrogen-bond donors (Lipinski definition) is 0. The van der Waals surface area contributed by atoms with E-state index in [2.05, 4.69) is 24.8 Å². The van der Waals surface area contributed by atoms with Crippen LogP contribution < -0.4 is 0 Å². The van der Waals surface area contributed by atoms with Crippen molar-refractivity contribution < 1.29 is 4.39 Å². The van der Waals surface area contributed by atoms with Gasteiger partial charge in [0, 0.05) is 5.92 Å². The summed E-state index contributed by atoms with van der Waals surface area (Å²) in [6.45, 7) is 3.85. The molecule has 0 saturated carbocycles. The van der Waals surface area contributed by atoms with Crippen LogP contribution in [-0.4, -0.2) is 0 Å². The topological polar surface area (TPSA) is 0 Å². The zero-order valence-electron chi connectivity index (χ0n) is 10.6. The van der Waals surface area contributed by atoms with Crippen LogP contribution in [0.15, 0.2) is 66.8 Å². The van der Waals surface area contributed by atoms with Crippen LogP contribution in [0.3, 0.4) is 0 Å². The van der Waals surface area contributed by atoms with Crippen molar-refractivity contribution in [3.8, 4) is 0 Å². The number of halogens is 1. The maximum Gasteiger partial charge on any atom is 0.127 e. The van der Waals surface area contributed by atoms with E-state index in [1.807, 2.05) is 30.3 Å². The molecule has 0 aliphatic heterocycles. The van der Waals surface area contributed by atoms with Crippen LogP contribution in [0.1, 0.15) is 29.0 Å². The Morgan fingerprint density at radius 2 is 1.68 bits per heavy atom. The van der Waals surface area contributed by atoms with Crippen LogP contribution in [0.2, 0.25) is 0 Å². The molecule has 0 spiro atoms. The Morgan fingerprint density at radius 1 is 1.00 bits per heavy atom. The summed E-state index contributed by atoms with van der Waals surface area (Å²) in [7, 11) is 0. The minimum atomic E-state index is -0.132. The average molecular weight is 250 g/mol. The van der Waals surface area contributed by atoms with Crippen molar-refractivity contribution in [1.29, 1.82) is 0 Å². The third-order valence-corrected chi connectivity index (χ3v) is 3.69. The second-order valence-electron chi connectivity index (χ2n) is 4.83. The summed E-state index contributed by atoms with van der Waals surface area (Å²) in [5.74, 6) is -0.0528. The van der Waals surface area contributed by atoms with E-state index >= 15 is 0 Å². The molecule has 1 aliphatic rings. The minimum Gasteiger partial charge on any atom is -0.207 e. The second kappa shape index (κ2) is 4.85. The monoisotopic (exact) mass is 250 g/mol. The lowest BCUT2D eigenvalue weighted by molar-refractivity contribution is 0.594. The maximum absolute atomic E-state index is 14.1. The van der Waals surface area contributed by atoms with Gasteiger partial charge < -0.3 is 0 Å². The smallest absolute Gasteiger partial charge is 0.127 e. The first-order valence-electron chi connectivity index (χ1n) is 6.46. The fourth-order valence-electron chi connectivity index (χ4n) is 2.74. The van der Waals surface area contributed by atoms with E-state index in [0.717, 1.165) is 23.1 Å². The van der Waals surface area contributed by atoms with E-state index in [4.69, 9.17) is 0 Å². The van der Waals surface area contributed by atoms with E-state index in [1.165, 1.54) is 11.6 Å². The number of allylic oxidation sites excluding steroid dienone is 2. The second-order valence-corrected chi connectivity index (χ2v) is 4.83. The van der Waals surface area contributed by atoms with E-state index in [1.54, 1.807) is 6.07 Å². The molecule has 0 saturated heterocycles. The molecule has 3 rings (SSSR count). The van der Waals surface area contributed by atoms with Gasteiger partial charge in [-0.25, -0.2) is 4.39 Å². The highest BCUT2D eigenvalue weighted by atomic mass is 19.1. The van der Waals surface area contributed by atoms with Crippen molar-refractivity contribution in [2.24, 2.45) is 0 Å². The molecule has 1 heteroatoms. The van der Waals surface area contributed by atoms with Gasteiger partial charge in [0.2, 0.25) is 0 Å². The van der Waals surface area contributed by atoms with E-state index in [-0.39, 0.29) is 11.7 Å². The molecule has 0 heterocycles. The molecule has 94 valence electrons. The van der Waals surface area contributed by atoms with Crippen molar-refractivity contribution in [1.82, 2.24) is 0 Å². The maximum atomic E-state index is 14.1. The number of hydrogen-bond acceptors (Lipinski definition) is 0. The molecule has 0 aromatic heterocycles. The highest BCUT2D eigenvalue weighted by Gasteiger charge is 2.23. The summed E-state index contributed by atoms with van der Waals surface area (Å²) in [4.78, 5) is 0. The lowest BCUT2D eigenvalue weighted by Crippen LogP contribution is -2.09. The van der Waals surface area contributed by atoms with Crippen LogP contribution >= 0.6 is 0 Å². The number of benzene rings is 2. The first-order valence-corrected chi connectivity index (χ1v) is 6.46. The number of fused-ring (bicyclic) bond motifs is 1. The third-order valence-electron chi connectivity index (χ3n) is 3.69. The largest absolute Gasteiger partial charge is 0.207 e. The van der Waals surface area contributed by atoms with Gasteiger partial charge in [-0.3, -0.25) is 0 Å². The molecule has 0 radical (unpaired) electrons. The average Bonchev–Trinajstić information content (AvgIpc) is 2.46. The molecular formula is C18H15F. The first-order chi connectivity index (χ1) is 9.29. The van der Waals surface area contributed by atoms with E-state index < -0.39 is 0 Å². The summed E-state index contributed by atoms with van der Waals surface area (Å²) in [5.41, 5.74) is 4.28. The van der Waals surface area contributed by atoms with Crippen molar-refractivity contribution in [2.75, 3.05) is 0 Å². The standard InChI is InChI=1S/C18H15F/c1-2-13-11-14-7-3-4-8-15(14)17(12-13)16-9-5-6-10-18(16)19/h2-11,17H,1,12H2. The Balaban J connectivity index is 2.15. The molecule has 2 aromatic carbocycles. The van der Waals surface area contributed by atoms with Gasteiger partial charge in [0.1, 0.15) is 5.82 Å². The highest BCUT2D eigenvalue weighted by molar-refractivity contribution is 5.64. The van der Waals surface area contributed by atoms with E-state index in [9.17, 15) is 4.39 Å². The molecule has 2 aromatic rings. The van der Waals surface area contributed by atoms with Gasteiger partial charge in [0.15, 0.2) is 0 Å². The predicted octanol–water partition coefficient (Wildman–Crippen LogP) is 4.93. The Kier molecular flexibility index (Phi) is 3.04. The van der Waals surface area contributed by atoms with Crippen molar-refractivity contribution in [3.63, 3.8) is 0 Å². The van der Waals surface area contributed by atoms with E-state index in [0.29, 0.717) is 0 Å². The number of rotatable bonds is 2. The molecule has 0 bridgehead atoms. The van der Waals surface area contributed by atoms with Crippen molar-refractivity contribution in [3.05, 3.63) is 89.3 Å². The Bertz CT molecular complexity index is 652. The Labute approximate surface area is 112 Å². The summed E-state index contributed by atoms with van der Waals surface area (Å²) < 4.78 is 14.1. The quantitative estimate of drug-likeness (QED) is 0.709. The first kappa shape index (κ1) is 11.9. The van der Waals surface area contributed by atoms with Gasteiger partial charge in [-0.05, 0) is 34.8 Å². The zero-order valence-corrected chi connectivity index (χ0v) is 10.6. The van der Waals surface area contributed by atoms with Crippen molar-refractivity contribution in [2.45, 2.75) is 12.3 Å².